The van der Waals surface area contributed by atoms with Crippen molar-refractivity contribution in [3.63, 3.8) is 0 Å². The average Bonchev–Trinajstić information content (AvgIpc) is 2.44. The number of benzene rings is 2. The lowest BCUT2D eigenvalue weighted by Gasteiger charge is -2.02. The molecule has 0 amide bonds. The molecule has 0 bridgehead atoms. The zero-order valence-electron chi connectivity index (χ0n) is 10.4. The SMILES string of the molecule is O=[S+]Cc1ccc(Cc2ccc(C[S+]=O)cc2)cc1. The molecule has 2 aromatic carbocycles. The Labute approximate surface area is 120 Å². The van der Waals surface area contributed by atoms with E-state index in [4.69, 9.17) is 0 Å². The largest absolute Gasteiger partial charge is 0.463 e. The molecule has 19 heavy (non-hydrogen) atoms. The van der Waals surface area contributed by atoms with E-state index >= 15 is 0 Å². The molecule has 0 saturated carbocycles. The second-order valence-corrected chi connectivity index (χ2v) is 5.38. The highest BCUT2D eigenvalue weighted by atomic mass is 32.1. The normalized spacial score (nSPS) is 10.1. The number of hydrogen-bond acceptors (Lipinski definition) is 2. The minimum atomic E-state index is 0.516. The molecule has 0 fully saturated rings. The van der Waals surface area contributed by atoms with Gasteiger partial charge >= 0.3 is 23.3 Å². The lowest BCUT2D eigenvalue weighted by molar-refractivity contribution is 0.603. The van der Waals surface area contributed by atoms with Crippen LogP contribution in [0, 0.1) is 0 Å². The molecule has 0 aromatic heterocycles. The van der Waals surface area contributed by atoms with Crippen LogP contribution in [-0.2, 0) is 49.7 Å². The Hall–Kier alpha value is -1.52. The first-order chi connectivity index (χ1) is 9.31. The van der Waals surface area contributed by atoms with Gasteiger partial charge in [-0.25, -0.2) is 0 Å². The predicted molar refractivity (Wildman–Crippen MR) is 79.2 cm³/mol. The summed E-state index contributed by atoms with van der Waals surface area (Å²) in [6.07, 6.45) is 0.871. The molecule has 0 heterocycles. The molecular weight excluding hydrogens is 276 g/mol. The van der Waals surface area contributed by atoms with E-state index in [1.54, 1.807) is 0 Å². The van der Waals surface area contributed by atoms with E-state index < -0.39 is 0 Å². The van der Waals surface area contributed by atoms with E-state index in [0.29, 0.717) is 34.8 Å². The van der Waals surface area contributed by atoms with Crippen molar-refractivity contribution in [3.05, 3.63) is 70.8 Å². The van der Waals surface area contributed by atoms with E-state index in [2.05, 4.69) is 24.3 Å². The Morgan fingerprint density at radius 3 is 1.21 bits per heavy atom. The zero-order chi connectivity index (χ0) is 13.5. The van der Waals surface area contributed by atoms with Crippen LogP contribution >= 0.6 is 0 Å². The monoisotopic (exact) mass is 290 g/mol. The lowest BCUT2D eigenvalue weighted by atomic mass is 10.0. The summed E-state index contributed by atoms with van der Waals surface area (Å²) in [4.78, 5) is 0. The highest BCUT2D eigenvalue weighted by Crippen LogP contribution is 2.12. The lowest BCUT2D eigenvalue weighted by Crippen LogP contribution is -1.90. The molecule has 0 aliphatic carbocycles. The van der Waals surface area contributed by atoms with Gasteiger partial charge in [0.2, 0.25) is 0 Å². The fourth-order valence-electron chi connectivity index (χ4n) is 1.88. The first-order valence-corrected chi connectivity index (χ1v) is 7.79. The topological polar surface area (TPSA) is 34.1 Å². The van der Waals surface area contributed by atoms with Crippen molar-refractivity contribution < 1.29 is 8.42 Å². The van der Waals surface area contributed by atoms with Gasteiger partial charge in [0, 0.05) is 19.5 Å². The Morgan fingerprint density at radius 1 is 0.579 bits per heavy atom. The fraction of sp³-hybridized carbons (Fsp3) is 0.200. The zero-order valence-corrected chi connectivity index (χ0v) is 12.0. The number of hydrogen-bond donors (Lipinski definition) is 0. The van der Waals surface area contributed by atoms with Gasteiger partial charge in [0.15, 0.2) is 0 Å². The highest BCUT2D eigenvalue weighted by molar-refractivity contribution is 7.64. The standard InChI is InChI=1S/C15H14O2S2/c16-18-10-14-5-1-12(2-6-14)9-13-3-7-15(8-4-13)11-19-17/h1-8H,9-11H2/q+2. The van der Waals surface area contributed by atoms with Crippen molar-refractivity contribution in [2.75, 3.05) is 0 Å². The third-order valence-electron chi connectivity index (χ3n) is 2.91. The summed E-state index contributed by atoms with van der Waals surface area (Å²) in [6.45, 7) is 0. The van der Waals surface area contributed by atoms with Crippen LogP contribution in [0.2, 0.25) is 0 Å². The predicted octanol–water partition coefficient (Wildman–Crippen LogP) is 3.13. The van der Waals surface area contributed by atoms with Crippen LogP contribution in [0.4, 0.5) is 0 Å². The molecule has 2 rings (SSSR count). The van der Waals surface area contributed by atoms with Crippen molar-refractivity contribution in [2.24, 2.45) is 0 Å². The molecule has 2 nitrogen and oxygen atoms in total. The summed E-state index contributed by atoms with van der Waals surface area (Å²) in [6, 6.07) is 16.3. The summed E-state index contributed by atoms with van der Waals surface area (Å²) in [5, 5.41) is 0. The molecule has 0 aliphatic rings. The van der Waals surface area contributed by atoms with E-state index in [0.717, 1.165) is 17.5 Å². The van der Waals surface area contributed by atoms with Gasteiger partial charge in [-0.15, -0.1) is 0 Å². The summed E-state index contributed by atoms with van der Waals surface area (Å²) in [5.74, 6) is 1.03. The molecule has 96 valence electrons. The molecule has 0 radical (unpaired) electrons. The molecule has 0 atom stereocenters. The maximum absolute atomic E-state index is 10.5. The van der Waals surface area contributed by atoms with Gasteiger partial charge in [-0.1, -0.05) is 48.5 Å². The third-order valence-corrected chi connectivity index (χ3v) is 3.81. The van der Waals surface area contributed by atoms with Crippen molar-refractivity contribution in [3.8, 4) is 0 Å². The fourth-order valence-corrected chi connectivity index (χ4v) is 2.54. The Balaban J connectivity index is 2.03. The van der Waals surface area contributed by atoms with Crippen LogP contribution in [0.25, 0.3) is 0 Å². The summed E-state index contributed by atoms with van der Waals surface area (Å²) in [7, 11) is 0. The average molecular weight is 290 g/mol. The smallest absolute Gasteiger partial charge is 0.0582 e. The van der Waals surface area contributed by atoms with Crippen molar-refractivity contribution in [1.82, 2.24) is 0 Å². The van der Waals surface area contributed by atoms with Crippen LogP contribution in [0.3, 0.4) is 0 Å². The van der Waals surface area contributed by atoms with Gasteiger partial charge in [-0.05, 0) is 17.5 Å². The van der Waals surface area contributed by atoms with Crippen LogP contribution < -0.4 is 0 Å². The molecule has 2 aromatic rings. The minimum Gasteiger partial charge on any atom is -0.0582 e. The molecule has 4 heteroatoms. The molecule has 0 aliphatic heterocycles. The van der Waals surface area contributed by atoms with E-state index in [1.165, 1.54) is 11.1 Å². The van der Waals surface area contributed by atoms with Gasteiger partial charge in [0.05, 0.1) is 0 Å². The van der Waals surface area contributed by atoms with Gasteiger partial charge in [-0.2, -0.15) is 0 Å². The van der Waals surface area contributed by atoms with Gasteiger partial charge in [0.25, 0.3) is 11.5 Å². The van der Waals surface area contributed by atoms with Crippen molar-refractivity contribution in [1.29, 1.82) is 0 Å². The van der Waals surface area contributed by atoms with E-state index in [1.807, 2.05) is 24.3 Å². The Kier molecular flexibility index (Phi) is 5.24. The maximum Gasteiger partial charge on any atom is 0.463 e. The van der Waals surface area contributed by atoms with Crippen molar-refractivity contribution >= 4 is 23.3 Å². The maximum atomic E-state index is 10.5. The van der Waals surface area contributed by atoms with Gasteiger partial charge < -0.3 is 0 Å². The molecule has 0 unspecified atom stereocenters. The second kappa shape index (κ2) is 7.16. The third kappa shape index (κ3) is 4.26. The van der Waals surface area contributed by atoms with Crippen molar-refractivity contribution in [2.45, 2.75) is 17.9 Å². The van der Waals surface area contributed by atoms with Crippen LogP contribution in [0.1, 0.15) is 22.3 Å². The van der Waals surface area contributed by atoms with Gasteiger partial charge in [-0.3, -0.25) is 0 Å². The minimum absolute atomic E-state index is 0.516. The summed E-state index contributed by atoms with van der Waals surface area (Å²) >= 11 is 1.19. The second-order valence-electron chi connectivity index (χ2n) is 4.33. The number of rotatable bonds is 6. The first kappa shape index (κ1) is 13.9. The summed E-state index contributed by atoms with van der Waals surface area (Å²) < 4.78 is 20.9. The van der Waals surface area contributed by atoms with E-state index in [9.17, 15) is 8.42 Å². The molecular formula is C15H14O2S2+2. The van der Waals surface area contributed by atoms with Crippen LogP contribution in [-0.4, -0.2) is 0 Å². The Bertz CT molecular complexity index is 496. The Morgan fingerprint density at radius 2 is 0.895 bits per heavy atom. The molecule has 0 saturated heterocycles. The summed E-state index contributed by atoms with van der Waals surface area (Å²) in [5.41, 5.74) is 4.58. The quantitative estimate of drug-likeness (QED) is 0.766. The highest BCUT2D eigenvalue weighted by Gasteiger charge is 2.04. The molecule has 0 spiro atoms. The van der Waals surface area contributed by atoms with Crippen LogP contribution in [0.15, 0.2) is 48.5 Å². The van der Waals surface area contributed by atoms with Crippen LogP contribution in [0.5, 0.6) is 0 Å². The molecule has 0 N–H and O–H groups in total. The first-order valence-electron chi connectivity index (χ1n) is 5.97. The van der Waals surface area contributed by atoms with Gasteiger partial charge in [0.1, 0.15) is 0 Å². The van der Waals surface area contributed by atoms with E-state index in [-0.39, 0.29) is 0 Å².